The maximum atomic E-state index is 6.27. The van der Waals surface area contributed by atoms with Crippen molar-refractivity contribution in [1.29, 1.82) is 0 Å². The van der Waals surface area contributed by atoms with Crippen molar-refractivity contribution in [2.75, 3.05) is 24.7 Å². The monoisotopic (exact) mass is 311 g/mol. The van der Waals surface area contributed by atoms with Crippen LogP contribution in [0.5, 0.6) is 0 Å². The minimum Gasteiger partial charge on any atom is -0.374 e. The van der Waals surface area contributed by atoms with E-state index in [9.17, 15) is 0 Å². The van der Waals surface area contributed by atoms with E-state index in [4.69, 9.17) is 4.74 Å². The summed E-state index contributed by atoms with van der Waals surface area (Å²) in [5.41, 5.74) is 0.805. The molecule has 2 saturated heterocycles. The molecule has 3 fully saturated rings. The summed E-state index contributed by atoms with van der Waals surface area (Å²) in [5.74, 6) is 3.37. The highest BCUT2D eigenvalue weighted by Crippen LogP contribution is 2.50. The number of hydrogen-bond donors (Lipinski definition) is 1. The third-order valence-electron chi connectivity index (χ3n) is 6.46. The molecule has 0 aromatic rings. The smallest absolute Gasteiger partial charge is 0.0783 e. The van der Waals surface area contributed by atoms with Crippen molar-refractivity contribution in [3.8, 4) is 0 Å². The summed E-state index contributed by atoms with van der Waals surface area (Å²) >= 11 is 2.10. The summed E-state index contributed by atoms with van der Waals surface area (Å²) in [6.45, 7) is 6.82. The Kier molecular flexibility index (Phi) is 5.23. The first-order chi connectivity index (χ1) is 10.2. The van der Waals surface area contributed by atoms with E-state index in [0.717, 1.165) is 25.1 Å². The van der Waals surface area contributed by atoms with Crippen LogP contribution < -0.4 is 5.32 Å². The van der Waals surface area contributed by atoms with E-state index in [1.54, 1.807) is 0 Å². The number of rotatable bonds is 5. The molecule has 3 rings (SSSR count). The van der Waals surface area contributed by atoms with E-state index < -0.39 is 0 Å². The van der Waals surface area contributed by atoms with Gasteiger partial charge in [0.15, 0.2) is 0 Å². The van der Waals surface area contributed by atoms with Crippen LogP contribution in [0.4, 0.5) is 0 Å². The standard InChI is InChI=1S/C18H33NOS/c1-3-17(8-5-6-9-17)16(19-4-2)15-7-11-20-18(13-15)10-12-21-14-18/h15-16,19H,3-14H2,1-2H3. The Labute approximate surface area is 135 Å². The summed E-state index contributed by atoms with van der Waals surface area (Å²) in [5, 5.41) is 3.93. The molecular formula is C18H33NOS. The van der Waals surface area contributed by atoms with Crippen LogP contribution in [0.2, 0.25) is 0 Å². The summed E-state index contributed by atoms with van der Waals surface area (Å²) in [4.78, 5) is 0. The van der Waals surface area contributed by atoms with Gasteiger partial charge in [0.05, 0.1) is 5.60 Å². The van der Waals surface area contributed by atoms with E-state index in [1.807, 2.05) is 0 Å². The predicted molar refractivity (Wildman–Crippen MR) is 92.0 cm³/mol. The Morgan fingerprint density at radius 2 is 2.05 bits per heavy atom. The molecule has 2 aliphatic heterocycles. The van der Waals surface area contributed by atoms with Crippen LogP contribution in [-0.2, 0) is 4.74 Å². The van der Waals surface area contributed by atoms with Crippen LogP contribution in [-0.4, -0.2) is 36.3 Å². The molecular weight excluding hydrogens is 278 g/mol. The molecule has 1 spiro atoms. The van der Waals surface area contributed by atoms with Crippen LogP contribution in [0.25, 0.3) is 0 Å². The van der Waals surface area contributed by atoms with Crippen molar-refractivity contribution in [2.45, 2.75) is 76.9 Å². The summed E-state index contributed by atoms with van der Waals surface area (Å²) in [6.07, 6.45) is 11.0. The van der Waals surface area contributed by atoms with E-state index in [0.29, 0.717) is 5.41 Å². The maximum absolute atomic E-state index is 6.27. The number of hydrogen-bond acceptors (Lipinski definition) is 3. The lowest BCUT2D eigenvalue weighted by atomic mass is 9.67. The van der Waals surface area contributed by atoms with Gasteiger partial charge in [-0.1, -0.05) is 26.7 Å². The number of ether oxygens (including phenoxy) is 1. The lowest BCUT2D eigenvalue weighted by Gasteiger charge is -2.47. The fourth-order valence-electron chi connectivity index (χ4n) is 5.28. The van der Waals surface area contributed by atoms with Gasteiger partial charge >= 0.3 is 0 Å². The van der Waals surface area contributed by atoms with Gasteiger partial charge in [-0.2, -0.15) is 11.8 Å². The molecule has 0 bridgehead atoms. The molecule has 2 heterocycles. The first kappa shape index (κ1) is 16.1. The zero-order valence-electron chi connectivity index (χ0n) is 14.0. The van der Waals surface area contributed by atoms with Gasteiger partial charge in [0.25, 0.3) is 0 Å². The van der Waals surface area contributed by atoms with Crippen LogP contribution >= 0.6 is 11.8 Å². The van der Waals surface area contributed by atoms with Crippen molar-refractivity contribution >= 4 is 11.8 Å². The zero-order chi connectivity index (χ0) is 14.8. The van der Waals surface area contributed by atoms with Crippen LogP contribution in [0.3, 0.4) is 0 Å². The molecule has 0 amide bonds. The molecule has 1 aliphatic carbocycles. The molecule has 3 unspecified atom stereocenters. The molecule has 2 nitrogen and oxygen atoms in total. The molecule has 0 aromatic heterocycles. The Hall–Kier alpha value is 0.270. The second kappa shape index (κ2) is 6.80. The van der Waals surface area contributed by atoms with Crippen molar-refractivity contribution in [1.82, 2.24) is 5.32 Å². The fraction of sp³-hybridized carbons (Fsp3) is 1.00. The van der Waals surface area contributed by atoms with E-state index in [-0.39, 0.29) is 5.60 Å². The van der Waals surface area contributed by atoms with Gasteiger partial charge in [-0.05, 0) is 62.2 Å². The third-order valence-corrected chi connectivity index (χ3v) is 7.68. The lowest BCUT2D eigenvalue weighted by molar-refractivity contribution is -0.0941. The molecule has 122 valence electrons. The summed E-state index contributed by atoms with van der Waals surface area (Å²) in [6, 6.07) is 0.723. The quantitative estimate of drug-likeness (QED) is 0.820. The van der Waals surface area contributed by atoms with Gasteiger partial charge in [-0.15, -0.1) is 0 Å². The second-order valence-corrected chi connectivity index (χ2v) is 8.65. The van der Waals surface area contributed by atoms with Crippen molar-refractivity contribution in [3.05, 3.63) is 0 Å². The topological polar surface area (TPSA) is 21.3 Å². The highest BCUT2D eigenvalue weighted by atomic mass is 32.2. The average Bonchev–Trinajstić information content (AvgIpc) is 3.15. The highest BCUT2D eigenvalue weighted by Gasteiger charge is 2.48. The largest absolute Gasteiger partial charge is 0.374 e. The van der Waals surface area contributed by atoms with E-state index in [2.05, 4.69) is 30.9 Å². The number of nitrogens with one attached hydrogen (secondary N) is 1. The lowest BCUT2D eigenvalue weighted by Crippen LogP contribution is -2.53. The van der Waals surface area contributed by atoms with Crippen molar-refractivity contribution < 1.29 is 4.74 Å². The Morgan fingerprint density at radius 1 is 1.24 bits per heavy atom. The number of thioether (sulfide) groups is 1. The van der Waals surface area contributed by atoms with E-state index >= 15 is 0 Å². The van der Waals surface area contributed by atoms with Gasteiger partial charge in [0.2, 0.25) is 0 Å². The molecule has 3 atom stereocenters. The normalized spacial score (nSPS) is 37.1. The Bertz CT molecular complexity index is 334. The first-order valence-electron chi connectivity index (χ1n) is 9.19. The van der Waals surface area contributed by atoms with Gasteiger partial charge in [-0.3, -0.25) is 0 Å². The van der Waals surface area contributed by atoms with Gasteiger partial charge < -0.3 is 10.1 Å². The third kappa shape index (κ3) is 3.16. The van der Waals surface area contributed by atoms with Crippen molar-refractivity contribution in [3.63, 3.8) is 0 Å². The second-order valence-electron chi connectivity index (χ2n) is 7.55. The van der Waals surface area contributed by atoms with Crippen LogP contribution in [0.1, 0.15) is 65.2 Å². The van der Waals surface area contributed by atoms with Gasteiger partial charge in [0, 0.05) is 18.4 Å². The Morgan fingerprint density at radius 3 is 2.67 bits per heavy atom. The molecule has 3 heteroatoms. The zero-order valence-corrected chi connectivity index (χ0v) is 14.8. The SMILES string of the molecule is CCNC(C1CCOC2(CCSC2)C1)C1(CC)CCCC1. The summed E-state index contributed by atoms with van der Waals surface area (Å²) < 4.78 is 6.27. The predicted octanol–water partition coefficient (Wildman–Crippen LogP) is 4.24. The molecule has 0 radical (unpaired) electrons. The highest BCUT2D eigenvalue weighted by molar-refractivity contribution is 7.99. The summed E-state index contributed by atoms with van der Waals surface area (Å²) in [7, 11) is 0. The Balaban J connectivity index is 1.76. The maximum Gasteiger partial charge on any atom is 0.0783 e. The van der Waals surface area contributed by atoms with Gasteiger partial charge in [-0.25, -0.2) is 0 Å². The van der Waals surface area contributed by atoms with E-state index in [1.165, 1.54) is 62.9 Å². The minimum atomic E-state index is 0.231. The molecule has 0 aromatic carbocycles. The van der Waals surface area contributed by atoms with Crippen LogP contribution in [0, 0.1) is 11.3 Å². The van der Waals surface area contributed by atoms with Gasteiger partial charge in [0.1, 0.15) is 0 Å². The molecule has 3 aliphatic rings. The first-order valence-corrected chi connectivity index (χ1v) is 10.3. The minimum absolute atomic E-state index is 0.231. The molecule has 21 heavy (non-hydrogen) atoms. The molecule has 1 saturated carbocycles. The van der Waals surface area contributed by atoms with Crippen molar-refractivity contribution in [2.24, 2.45) is 11.3 Å². The fourth-order valence-corrected chi connectivity index (χ4v) is 6.66. The molecule has 1 N–H and O–H groups in total. The average molecular weight is 312 g/mol. The van der Waals surface area contributed by atoms with Crippen LogP contribution in [0.15, 0.2) is 0 Å².